The maximum absolute atomic E-state index is 5.27. The summed E-state index contributed by atoms with van der Waals surface area (Å²) >= 11 is 0. The minimum absolute atomic E-state index is 0.861. The van der Waals surface area contributed by atoms with E-state index in [-0.39, 0.29) is 0 Å². The lowest BCUT2D eigenvalue weighted by atomic mass is 10.1. The summed E-state index contributed by atoms with van der Waals surface area (Å²) in [4.78, 5) is 0. The van der Waals surface area contributed by atoms with E-state index < -0.39 is 0 Å². The van der Waals surface area contributed by atoms with Gasteiger partial charge >= 0.3 is 0 Å². The fourth-order valence-corrected chi connectivity index (χ4v) is 2.49. The van der Waals surface area contributed by atoms with E-state index in [2.05, 4.69) is 48.5 Å². The lowest BCUT2D eigenvalue weighted by molar-refractivity contribution is 0.562. The van der Waals surface area contributed by atoms with Crippen molar-refractivity contribution in [2.24, 2.45) is 5.73 Å². The molecule has 0 amide bonds. The van der Waals surface area contributed by atoms with E-state index in [0.29, 0.717) is 0 Å². The molecule has 0 aromatic rings. The summed E-state index contributed by atoms with van der Waals surface area (Å²) in [5.74, 6) is 0. The molecule has 29 heavy (non-hydrogen) atoms. The first kappa shape index (κ1) is 39.4. The summed E-state index contributed by atoms with van der Waals surface area (Å²) in [5, 5.41) is 0. The molecule has 0 aliphatic rings. The molecule has 184 valence electrons. The predicted molar refractivity (Wildman–Crippen MR) is 143 cm³/mol. The normalized spacial score (nSPS) is 8.90. The number of nitrogens with two attached hydrogens (primary N) is 1. The van der Waals surface area contributed by atoms with Crippen LogP contribution >= 0.6 is 0 Å². The van der Waals surface area contributed by atoms with Gasteiger partial charge in [0.1, 0.15) is 0 Å². The first-order valence-corrected chi connectivity index (χ1v) is 13.9. The van der Waals surface area contributed by atoms with E-state index in [1.807, 2.05) is 13.8 Å². The number of hydrogen-bond donors (Lipinski definition) is 1. The van der Waals surface area contributed by atoms with Gasteiger partial charge in [-0.25, -0.2) is 0 Å². The molecule has 0 rings (SSSR count). The largest absolute Gasteiger partial charge is 0.330 e. The molecule has 0 aromatic heterocycles. The second-order valence-corrected chi connectivity index (χ2v) is 7.74. The molecule has 0 atom stereocenters. The van der Waals surface area contributed by atoms with Crippen molar-refractivity contribution in [1.29, 1.82) is 0 Å². The van der Waals surface area contributed by atoms with Crippen LogP contribution in [0.15, 0.2) is 0 Å². The zero-order valence-corrected chi connectivity index (χ0v) is 23.0. The third kappa shape index (κ3) is 84.2. The van der Waals surface area contributed by atoms with Crippen molar-refractivity contribution in [3.63, 3.8) is 0 Å². The third-order valence-corrected chi connectivity index (χ3v) is 4.22. The Hall–Kier alpha value is -0.0400. The molecule has 1 heteroatoms. The van der Waals surface area contributed by atoms with Gasteiger partial charge in [-0.15, -0.1) is 0 Å². The molecule has 1 nitrogen and oxygen atoms in total. The average molecular weight is 418 g/mol. The predicted octanol–water partition coefficient (Wildman–Crippen LogP) is 11.1. The highest BCUT2D eigenvalue weighted by molar-refractivity contribution is 4.45. The monoisotopic (exact) mass is 418 g/mol. The molecular formula is C28H67N. The molecule has 0 aliphatic carbocycles. The maximum atomic E-state index is 5.27. The van der Waals surface area contributed by atoms with Gasteiger partial charge in [-0.3, -0.25) is 0 Å². The van der Waals surface area contributed by atoms with Crippen LogP contribution in [0.25, 0.3) is 0 Å². The fraction of sp³-hybridized carbons (Fsp3) is 1.00. The smallest absolute Gasteiger partial charge is 0.00773 e. The van der Waals surface area contributed by atoms with Crippen LogP contribution in [0.3, 0.4) is 0 Å². The average Bonchev–Trinajstić information content (AvgIpc) is 2.74. The van der Waals surface area contributed by atoms with Crippen molar-refractivity contribution in [1.82, 2.24) is 0 Å². The van der Waals surface area contributed by atoms with Crippen LogP contribution in [0.2, 0.25) is 0 Å². The Morgan fingerprint density at radius 1 is 0.345 bits per heavy atom. The minimum Gasteiger partial charge on any atom is -0.330 e. The van der Waals surface area contributed by atoms with E-state index in [0.717, 1.165) is 6.54 Å². The van der Waals surface area contributed by atoms with Gasteiger partial charge in [-0.2, -0.15) is 0 Å². The Labute approximate surface area is 190 Å². The van der Waals surface area contributed by atoms with Crippen molar-refractivity contribution in [2.45, 2.75) is 178 Å². The van der Waals surface area contributed by atoms with E-state index in [4.69, 9.17) is 5.73 Å². The molecule has 2 N–H and O–H groups in total. The SMILES string of the molecule is CC.CCC.CCCCC.CCCCCCCCCCCC.CCCCCCN. The molecule has 0 bridgehead atoms. The highest BCUT2D eigenvalue weighted by atomic mass is 14.5. The number of rotatable bonds is 15. The first-order valence-electron chi connectivity index (χ1n) is 13.9. The van der Waals surface area contributed by atoms with Gasteiger partial charge in [-0.1, -0.05) is 171 Å². The summed E-state index contributed by atoms with van der Waals surface area (Å²) in [6.07, 6.45) is 24.9. The zero-order chi connectivity index (χ0) is 23.4. The van der Waals surface area contributed by atoms with Crippen LogP contribution in [0.1, 0.15) is 178 Å². The summed E-state index contributed by atoms with van der Waals surface area (Å²) in [7, 11) is 0. The highest BCUT2D eigenvalue weighted by Gasteiger charge is 1.90. The van der Waals surface area contributed by atoms with Gasteiger partial charge in [-0.05, 0) is 13.0 Å². The molecule has 0 radical (unpaired) electrons. The second-order valence-electron chi connectivity index (χ2n) is 7.74. The molecule has 0 unspecified atom stereocenters. The number of hydrogen-bond acceptors (Lipinski definition) is 1. The van der Waals surface area contributed by atoms with Gasteiger partial charge < -0.3 is 5.73 Å². The molecule has 0 aromatic carbocycles. The van der Waals surface area contributed by atoms with Crippen molar-refractivity contribution < 1.29 is 0 Å². The maximum Gasteiger partial charge on any atom is -0.00773 e. The Bertz CT molecular complexity index is 152. The van der Waals surface area contributed by atoms with Gasteiger partial charge in [0.05, 0.1) is 0 Å². The molecule has 0 heterocycles. The summed E-state index contributed by atoms with van der Waals surface area (Å²) in [6, 6.07) is 0. The summed E-state index contributed by atoms with van der Waals surface area (Å²) in [6.45, 7) is 20.3. The van der Waals surface area contributed by atoms with E-state index in [9.17, 15) is 0 Å². The quantitative estimate of drug-likeness (QED) is 0.263. The van der Waals surface area contributed by atoms with E-state index >= 15 is 0 Å². The van der Waals surface area contributed by atoms with Crippen molar-refractivity contribution in [2.75, 3.05) is 6.54 Å². The van der Waals surface area contributed by atoms with Gasteiger partial charge in [0.15, 0.2) is 0 Å². The highest BCUT2D eigenvalue weighted by Crippen LogP contribution is 2.09. The lowest BCUT2D eigenvalue weighted by Gasteiger charge is -1.99. The standard InChI is InChI=1S/C12H26.C6H15N.C5H12.C3H8.C2H6/c1-3-5-7-9-11-12-10-8-6-4-2;1-2-3-4-5-6-7;1-3-5-4-2;1-3-2;1-2/h3-12H2,1-2H3;2-7H2,1H3;3-5H2,1-2H3;3H2,1-2H3;1-2H3. The Morgan fingerprint density at radius 2 is 0.552 bits per heavy atom. The molecule has 0 aliphatic heterocycles. The first-order chi connectivity index (χ1) is 14.2. The van der Waals surface area contributed by atoms with Crippen LogP contribution in [-0.4, -0.2) is 6.54 Å². The topological polar surface area (TPSA) is 26.0 Å². The lowest BCUT2D eigenvalue weighted by Crippen LogP contribution is -1.97. The molecule has 0 fully saturated rings. The summed E-state index contributed by atoms with van der Waals surface area (Å²) in [5.41, 5.74) is 5.27. The Kier molecular flexibility index (Phi) is 76.9. The number of unbranched alkanes of at least 4 members (excludes halogenated alkanes) is 14. The fourth-order valence-electron chi connectivity index (χ4n) is 2.49. The van der Waals surface area contributed by atoms with Crippen LogP contribution in [0.5, 0.6) is 0 Å². The van der Waals surface area contributed by atoms with Crippen LogP contribution in [0, 0.1) is 0 Å². The molecule has 0 saturated heterocycles. The molecule has 0 saturated carbocycles. The molecule has 0 spiro atoms. The van der Waals surface area contributed by atoms with E-state index in [1.165, 1.54) is 116 Å². The summed E-state index contributed by atoms with van der Waals surface area (Å²) < 4.78 is 0. The minimum atomic E-state index is 0.861. The Balaban J connectivity index is -0.0000000960. The third-order valence-electron chi connectivity index (χ3n) is 4.22. The zero-order valence-electron chi connectivity index (χ0n) is 23.0. The van der Waals surface area contributed by atoms with Crippen LogP contribution < -0.4 is 5.73 Å². The van der Waals surface area contributed by atoms with Crippen molar-refractivity contribution in [3.8, 4) is 0 Å². The van der Waals surface area contributed by atoms with Crippen molar-refractivity contribution in [3.05, 3.63) is 0 Å². The van der Waals surface area contributed by atoms with Crippen LogP contribution in [-0.2, 0) is 0 Å². The van der Waals surface area contributed by atoms with Gasteiger partial charge in [0.25, 0.3) is 0 Å². The van der Waals surface area contributed by atoms with Gasteiger partial charge in [0, 0.05) is 0 Å². The molecular weight excluding hydrogens is 350 g/mol. The van der Waals surface area contributed by atoms with E-state index in [1.54, 1.807) is 0 Å². The van der Waals surface area contributed by atoms with Crippen molar-refractivity contribution >= 4 is 0 Å². The Morgan fingerprint density at radius 3 is 0.724 bits per heavy atom. The van der Waals surface area contributed by atoms with Gasteiger partial charge in [0.2, 0.25) is 0 Å². The second kappa shape index (κ2) is 56.5. The van der Waals surface area contributed by atoms with Crippen LogP contribution in [0.4, 0.5) is 0 Å².